The third-order valence-corrected chi connectivity index (χ3v) is 8.88. The Morgan fingerprint density at radius 2 is 1.57 bits per heavy atom. The molecule has 2 aliphatic carbocycles. The van der Waals surface area contributed by atoms with Crippen LogP contribution >= 0.6 is 35.0 Å². The third-order valence-electron chi connectivity index (χ3n) is 6.26. The van der Waals surface area contributed by atoms with E-state index in [-0.39, 0.29) is 22.0 Å². The molecule has 174 valence electrons. The molecule has 3 fully saturated rings. The van der Waals surface area contributed by atoms with Crippen LogP contribution in [-0.4, -0.2) is 52.2 Å². The van der Waals surface area contributed by atoms with Crippen LogP contribution in [0.25, 0.3) is 0 Å². The minimum Gasteiger partial charge on any atom is -0.352 e. The van der Waals surface area contributed by atoms with Crippen molar-refractivity contribution in [2.24, 2.45) is 17.8 Å². The maximum Gasteiger partial charge on any atom is 0.391 e. The van der Waals surface area contributed by atoms with E-state index in [0.717, 1.165) is 19.3 Å². The van der Waals surface area contributed by atoms with Gasteiger partial charge in [-0.2, -0.15) is 26.3 Å². The largest absolute Gasteiger partial charge is 0.391 e. The van der Waals surface area contributed by atoms with Crippen LogP contribution in [0, 0.1) is 17.8 Å². The van der Waals surface area contributed by atoms with Gasteiger partial charge in [0, 0.05) is 17.7 Å². The number of alkyl halides is 8. The summed E-state index contributed by atoms with van der Waals surface area (Å²) in [5.41, 5.74) is 0. The van der Waals surface area contributed by atoms with E-state index in [1.165, 1.54) is 11.8 Å². The van der Waals surface area contributed by atoms with E-state index in [1.54, 1.807) is 0 Å². The smallest absolute Gasteiger partial charge is 0.352 e. The molecule has 0 spiro atoms. The average Bonchev–Trinajstić information content (AvgIpc) is 3.12. The zero-order valence-electron chi connectivity index (χ0n) is 15.9. The molecule has 0 aromatic carbocycles. The summed E-state index contributed by atoms with van der Waals surface area (Å²) >= 11 is 14.1. The number of thioether (sulfide) groups is 1. The molecule has 3 nitrogen and oxygen atoms in total. The summed E-state index contributed by atoms with van der Waals surface area (Å²) in [7, 11) is 0. The molecular weight excluding hydrogens is 477 g/mol. The van der Waals surface area contributed by atoms with Crippen molar-refractivity contribution < 1.29 is 31.1 Å². The lowest BCUT2D eigenvalue weighted by molar-refractivity contribution is -0.225. The lowest BCUT2D eigenvalue weighted by atomic mass is 9.77. The van der Waals surface area contributed by atoms with Crippen LogP contribution in [0.5, 0.6) is 0 Å². The molecule has 1 amide bonds. The Morgan fingerprint density at radius 1 is 0.967 bits per heavy atom. The van der Waals surface area contributed by atoms with Crippen molar-refractivity contribution in [3.8, 4) is 0 Å². The van der Waals surface area contributed by atoms with Crippen molar-refractivity contribution in [1.82, 2.24) is 10.6 Å². The van der Waals surface area contributed by atoms with Crippen LogP contribution in [0.15, 0.2) is 0 Å². The molecule has 7 unspecified atom stereocenters. The van der Waals surface area contributed by atoms with Gasteiger partial charge in [-0.25, -0.2) is 0 Å². The van der Waals surface area contributed by atoms with E-state index in [9.17, 15) is 31.1 Å². The van der Waals surface area contributed by atoms with Gasteiger partial charge in [-0.15, -0.1) is 35.0 Å². The van der Waals surface area contributed by atoms with Crippen molar-refractivity contribution in [3.63, 3.8) is 0 Å². The van der Waals surface area contributed by atoms with Crippen LogP contribution in [0.3, 0.4) is 0 Å². The summed E-state index contributed by atoms with van der Waals surface area (Å²) in [5, 5.41) is 5.03. The maximum absolute atomic E-state index is 13.1. The molecule has 0 radical (unpaired) electrons. The van der Waals surface area contributed by atoms with Crippen LogP contribution in [0.2, 0.25) is 0 Å². The van der Waals surface area contributed by atoms with Gasteiger partial charge in [-0.1, -0.05) is 6.42 Å². The maximum atomic E-state index is 13.1. The van der Waals surface area contributed by atoms with Crippen molar-refractivity contribution >= 4 is 40.9 Å². The molecule has 3 rings (SSSR count). The molecule has 2 N–H and O–H groups in total. The number of halogens is 8. The molecule has 7 atom stereocenters. The number of amides is 1. The molecule has 1 aliphatic heterocycles. The standard InChI is InChI=1S/C18H24Cl2F6N2OS/c19-12-3-1-2-11(14(12)20)16-28-13(7-30-16)15(29)27-10-5-8(17(21,22)23)4-9(6-10)18(24,25)26/h8-14,16,28H,1-7H2,(H,27,29). The topological polar surface area (TPSA) is 41.1 Å². The highest BCUT2D eigenvalue weighted by Gasteiger charge is 2.52. The number of carbonyl (C=O) groups is 1. The SMILES string of the molecule is O=C(NC1CC(C(F)(F)F)CC(C(F)(F)F)C1)C1CSC(C2CCCC(Cl)C2Cl)N1. The first-order valence-electron chi connectivity index (χ1n) is 9.96. The summed E-state index contributed by atoms with van der Waals surface area (Å²) in [6, 6.07) is -1.85. The van der Waals surface area contributed by atoms with Gasteiger partial charge in [0.1, 0.15) is 0 Å². The predicted molar refractivity (Wildman–Crippen MR) is 105 cm³/mol. The van der Waals surface area contributed by atoms with Gasteiger partial charge in [-0.3, -0.25) is 10.1 Å². The Morgan fingerprint density at radius 3 is 2.13 bits per heavy atom. The van der Waals surface area contributed by atoms with Crippen molar-refractivity contribution in [3.05, 3.63) is 0 Å². The number of nitrogens with one attached hydrogen (secondary N) is 2. The van der Waals surface area contributed by atoms with E-state index in [4.69, 9.17) is 23.2 Å². The molecule has 2 saturated carbocycles. The molecular formula is C18H24Cl2F6N2OS. The van der Waals surface area contributed by atoms with E-state index in [0.29, 0.717) is 5.75 Å². The lowest BCUT2D eigenvalue weighted by Gasteiger charge is -2.37. The van der Waals surface area contributed by atoms with E-state index < -0.39 is 61.4 Å². The first kappa shape index (κ1) is 24.6. The summed E-state index contributed by atoms with van der Waals surface area (Å²) < 4.78 is 78.7. The van der Waals surface area contributed by atoms with E-state index >= 15 is 0 Å². The van der Waals surface area contributed by atoms with E-state index in [2.05, 4.69) is 10.6 Å². The first-order valence-corrected chi connectivity index (χ1v) is 11.9. The van der Waals surface area contributed by atoms with Gasteiger partial charge in [-0.05, 0) is 32.1 Å². The highest BCUT2D eigenvalue weighted by atomic mass is 35.5. The number of hydrogen-bond donors (Lipinski definition) is 2. The second-order valence-electron chi connectivity index (χ2n) is 8.42. The number of hydrogen-bond acceptors (Lipinski definition) is 3. The van der Waals surface area contributed by atoms with Crippen LogP contribution in [-0.2, 0) is 4.79 Å². The van der Waals surface area contributed by atoms with Crippen LogP contribution in [0.4, 0.5) is 26.3 Å². The van der Waals surface area contributed by atoms with Gasteiger partial charge in [0.25, 0.3) is 0 Å². The molecule has 1 saturated heterocycles. The quantitative estimate of drug-likeness (QED) is 0.420. The molecule has 3 aliphatic rings. The summed E-state index contributed by atoms with van der Waals surface area (Å²) in [5.74, 6) is -4.31. The minimum atomic E-state index is -4.73. The van der Waals surface area contributed by atoms with Crippen molar-refractivity contribution in [2.75, 3.05) is 5.75 Å². The van der Waals surface area contributed by atoms with Gasteiger partial charge >= 0.3 is 12.4 Å². The minimum absolute atomic E-state index is 0.0459. The van der Waals surface area contributed by atoms with Gasteiger partial charge < -0.3 is 5.32 Å². The Labute approximate surface area is 185 Å². The molecule has 1 heterocycles. The Kier molecular flexibility index (Phi) is 7.73. The highest BCUT2D eigenvalue weighted by Crippen LogP contribution is 2.46. The normalized spacial score (nSPS) is 40.9. The predicted octanol–water partition coefficient (Wildman–Crippen LogP) is 5.06. The molecule has 30 heavy (non-hydrogen) atoms. The number of rotatable bonds is 3. The van der Waals surface area contributed by atoms with E-state index in [1.807, 2.05) is 0 Å². The monoisotopic (exact) mass is 500 g/mol. The van der Waals surface area contributed by atoms with Crippen molar-refractivity contribution in [2.45, 2.75) is 79.1 Å². The molecule has 0 aromatic heterocycles. The Bertz CT molecular complexity index is 600. The Balaban J connectivity index is 1.59. The fourth-order valence-electron chi connectivity index (χ4n) is 4.62. The first-order chi connectivity index (χ1) is 13.9. The zero-order chi connectivity index (χ0) is 22.3. The summed E-state index contributed by atoms with van der Waals surface area (Å²) in [4.78, 5) is 12.6. The number of carbonyl (C=O) groups excluding carboxylic acids is 1. The third kappa shape index (κ3) is 5.84. The van der Waals surface area contributed by atoms with Crippen LogP contribution in [0.1, 0.15) is 38.5 Å². The molecule has 12 heteroatoms. The summed E-state index contributed by atoms with van der Waals surface area (Å²) in [6.07, 6.45) is -8.94. The molecule has 0 aromatic rings. The van der Waals surface area contributed by atoms with Crippen LogP contribution < -0.4 is 10.6 Å². The zero-order valence-corrected chi connectivity index (χ0v) is 18.2. The second kappa shape index (κ2) is 9.43. The highest BCUT2D eigenvalue weighted by molar-refractivity contribution is 8.00. The van der Waals surface area contributed by atoms with Crippen molar-refractivity contribution in [1.29, 1.82) is 0 Å². The average molecular weight is 501 g/mol. The van der Waals surface area contributed by atoms with Gasteiger partial charge in [0.15, 0.2) is 0 Å². The lowest BCUT2D eigenvalue weighted by Crippen LogP contribution is -2.53. The summed E-state index contributed by atoms with van der Waals surface area (Å²) in [6.45, 7) is 0. The second-order valence-corrected chi connectivity index (χ2v) is 10.7. The molecule has 0 bridgehead atoms. The van der Waals surface area contributed by atoms with Gasteiger partial charge in [0.2, 0.25) is 5.91 Å². The fraction of sp³-hybridized carbons (Fsp3) is 0.944. The fourth-order valence-corrected chi connectivity index (χ4v) is 6.91. The van der Waals surface area contributed by atoms with Gasteiger partial charge in [0.05, 0.1) is 34.0 Å². The Hall–Kier alpha value is -0.0600.